The minimum absolute atomic E-state index is 0.150. The van der Waals surface area contributed by atoms with Crippen LogP contribution in [0, 0.1) is 13.8 Å². The first kappa shape index (κ1) is 23.3. The van der Waals surface area contributed by atoms with Crippen LogP contribution >= 0.6 is 0 Å². The van der Waals surface area contributed by atoms with E-state index in [0.717, 1.165) is 11.5 Å². The van der Waals surface area contributed by atoms with E-state index in [1.165, 1.54) is 22.3 Å². The van der Waals surface area contributed by atoms with Crippen LogP contribution in [-0.4, -0.2) is 26.4 Å². The van der Waals surface area contributed by atoms with Gasteiger partial charge in [-0.25, -0.2) is 0 Å². The van der Waals surface area contributed by atoms with Crippen molar-refractivity contribution in [2.24, 2.45) is 0 Å². The summed E-state index contributed by atoms with van der Waals surface area (Å²) in [5.41, 5.74) is 5.52. The Morgan fingerprint density at radius 3 is 1.28 bits per heavy atom. The maximum Gasteiger partial charge on any atom is 0.119 e. The van der Waals surface area contributed by atoms with Gasteiger partial charge in [-0.2, -0.15) is 0 Å². The van der Waals surface area contributed by atoms with E-state index in [9.17, 15) is 0 Å². The Hall–Kier alpha value is -2.00. The van der Waals surface area contributed by atoms with Crippen LogP contribution in [0.2, 0.25) is 0 Å². The molecule has 2 rings (SSSR count). The van der Waals surface area contributed by atoms with Gasteiger partial charge in [0.05, 0.1) is 13.2 Å². The second-order valence-electron chi connectivity index (χ2n) is 9.76. The highest BCUT2D eigenvalue weighted by Gasteiger charge is 2.17. The van der Waals surface area contributed by atoms with Gasteiger partial charge in [0.2, 0.25) is 0 Å². The normalized spacial score (nSPS) is 12.1. The van der Waals surface area contributed by atoms with Crippen LogP contribution in [0.15, 0.2) is 36.4 Å². The quantitative estimate of drug-likeness (QED) is 0.483. The maximum absolute atomic E-state index is 5.81. The third kappa shape index (κ3) is 7.08. The molecule has 2 aromatic rings. The number of ether oxygens (including phenoxy) is 3. The molecular weight excluding hydrogens is 360 g/mol. The Labute approximate surface area is 177 Å². The average Bonchev–Trinajstić information content (AvgIpc) is 2.58. The number of hydrogen-bond donors (Lipinski definition) is 0. The van der Waals surface area contributed by atoms with Gasteiger partial charge < -0.3 is 14.2 Å². The predicted molar refractivity (Wildman–Crippen MR) is 122 cm³/mol. The Kier molecular flexibility index (Phi) is 7.76. The van der Waals surface area contributed by atoms with Gasteiger partial charge in [-0.1, -0.05) is 53.7 Å². The molecule has 0 N–H and O–H groups in total. The van der Waals surface area contributed by atoms with Crippen molar-refractivity contribution in [2.45, 2.75) is 66.2 Å². The van der Waals surface area contributed by atoms with Gasteiger partial charge in [-0.15, -0.1) is 0 Å². The van der Waals surface area contributed by atoms with Crippen LogP contribution in [0.5, 0.6) is 11.5 Å². The van der Waals surface area contributed by atoms with E-state index in [1.807, 2.05) is 12.1 Å². The van der Waals surface area contributed by atoms with E-state index in [4.69, 9.17) is 14.2 Å². The first-order chi connectivity index (χ1) is 13.5. The second kappa shape index (κ2) is 9.67. The fraction of sp³-hybridized carbons (Fsp3) is 0.538. The lowest BCUT2D eigenvalue weighted by Crippen LogP contribution is -2.14. The van der Waals surface area contributed by atoms with Crippen LogP contribution in [0.1, 0.15) is 63.8 Å². The Morgan fingerprint density at radius 1 is 0.586 bits per heavy atom. The summed E-state index contributed by atoms with van der Waals surface area (Å²) >= 11 is 0. The highest BCUT2D eigenvalue weighted by molar-refractivity contribution is 5.39. The van der Waals surface area contributed by atoms with Crippen LogP contribution in [0.3, 0.4) is 0 Å². The molecule has 3 heteroatoms. The van der Waals surface area contributed by atoms with Crippen molar-refractivity contribution < 1.29 is 14.2 Å². The summed E-state index contributed by atoms with van der Waals surface area (Å²) in [7, 11) is 0. The Balaban J connectivity index is 1.68. The van der Waals surface area contributed by atoms with Crippen molar-refractivity contribution in [3.8, 4) is 11.5 Å². The Bertz CT molecular complexity index is 727. The highest BCUT2D eigenvalue weighted by Crippen LogP contribution is 2.29. The molecule has 0 heterocycles. The van der Waals surface area contributed by atoms with Crippen molar-refractivity contribution in [3.05, 3.63) is 58.7 Å². The molecule has 0 aliphatic carbocycles. The summed E-state index contributed by atoms with van der Waals surface area (Å²) in [6.07, 6.45) is 0. The van der Waals surface area contributed by atoms with Crippen LogP contribution < -0.4 is 9.47 Å². The van der Waals surface area contributed by atoms with E-state index in [-0.39, 0.29) is 10.8 Å². The summed E-state index contributed by atoms with van der Waals surface area (Å²) in [5.74, 6) is 1.79. The second-order valence-corrected chi connectivity index (χ2v) is 9.76. The van der Waals surface area contributed by atoms with E-state index in [0.29, 0.717) is 26.4 Å². The van der Waals surface area contributed by atoms with Gasteiger partial charge in [-0.3, -0.25) is 0 Å². The summed E-state index contributed by atoms with van der Waals surface area (Å²) in [5, 5.41) is 0. The number of benzene rings is 2. The van der Waals surface area contributed by atoms with E-state index in [2.05, 4.69) is 79.7 Å². The SMILES string of the molecule is Cc1cc(OCCOCCOc2ccc(C(C)(C)C)c(C)c2)ccc1C(C)(C)C. The lowest BCUT2D eigenvalue weighted by molar-refractivity contribution is 0.0764. The third-order valence-electron chi connectivity index (χ3n) is 5.00. The molecule has 0 spiro atoms. The molecule has 0 radical (unpaired) electrons. The van der Waals surface area contributed by atoms with Crippen molar-refractivity contribution in [1.29, 1.82) is 0 Å². The van der Waals surface area contributed by atoms with Gasteiger partial charge >= 0.3 is 0 Å². The van der Waals surface area contributed by atoms with Gasteiger partial charge in [0.25, 0.3) is 0 Å². The van der Waals surface area contributed by atoms with Crippen molar-refractivity contribution in [1.82, 2.24) is 0 Å². The van der Waals surface area contributed by atoms with E-state index in [1.54, 1.807) is 0 Å². The monoisotopic (exact) mass is 398 g/mol. The standard InChI is InChI=1S/C26H38O3/c1-19-17-21(9-11-23(19)25(3,4)5)28-15-13-27-14-16-29-22-10-12-24(20(2)18-22)26(6,7)8/h9-12,17-18H,13-16H2,1-8H3. The van der Waals surface area contributed by atoms with Gasteiger partial charge in [-0.05, 0) is 71.2 Å². The van der Waals surface area contributed by atoms with Crippen molar-refractivity contribution in [2.75, 3.05) is 26.4 Å². The van der Waals surface area contributed by atoms with Crippen molar-refractivity contribution >= 4 is 0 Å². The largest absolute Gasteiger partial charge is 0.491 e. The molecule has 0 bridgehead atoms. The van der Waals surface area contributed by atoms with Gasteiger partial charge in [0.15, 0.2) is 0 Å². The highest BCUT2D eigenvalue weighted by atomic mass is 16.5. The third-order valence-corrected chi connectivity index (χ3v) is 5.00. The molecule has 0 saturated carbocycles. The molecule has 0 aliphatic heterocycles. The Morgan fingerprint density at radius 2 is 0.966 bits per heavy atom. The number of rotatable bonds is 8. The molecule has 160 valence electrons. The minimum Gasteiger partial charge on any atom is -0.491 e. The first-order valence-electron chi connectivity index (χ1n) is 10.5. The van der Waals surface area contributed by atoms with Gasteiger partial charge in [0.1, 0.15) is 24.7 Å². The van der Waals surface area contributed by atoms with Crippen LogP contribution in [0.25, 0.3) is 0 Å². The molecule has 29 heavy (non-hydrogen) atoms. The first-order valence-corrected chi connectivity index (χ1v) is 10.5. The van der Waals surface area contributed by atoms with Gasteiger partial charge in [0, 0.05) is 0 Å². The predicted octanol–water partition coefficient (Wildman–Crippen LogP) is 6.37. The zero-order valence-corrected chi connectivity index (χ0v) is 19.5. The summed E-state index contributed by atoms with van der Waals surface area (Å²) in [4.78, 5) is 0. The molecular formula is C26H38O3. The number of aryl methyl sites for hydroxylation is 2. The van der Waals surface area contributed by atoms with E-state index >= 15 is 0 Å². The fourth-order valence-electron chi connectivity index (χ4n) is 3.67. The molecule has 0 saturated heterocycles. The summed E-state index contributed by atoms with van der Waals surface area (Å²) in [6, 6.07) is 12.6. The zero-order chi connectivity index (χ0) is 21.7. The number of hydrogen-bond acceptors (Lipinski definition) is 3. The molecule has 0 amide bonds. The van der Waals surface area contributed by atoms with Crippen LogP contribution in [0.4, 0.5) is 0 Å². The van der Waals surface area contributed by atoms with Crippen molar-refractivity contribution in [3.63, 3.8) is 0 Å². The lowest BCUT2D eigenvalue weighted by atomic mass is 9.84. The summed E-state index contributed by atoms with van der Waals surface area (Å²) in [6.45, 7) is 19.8. The molecule has 0 aromatic heterocycles. The molecule has 0 aliphatic rings. The summed E-state index contributed by atoms with van der Waals surface area (Å²) < 4.78 is 17.3. The molecule has 0 fully saturated rings. The van der Waals surface area contributed by atoms with E-state index < -0.39 is 0 Å². The molecule has 0 unspecified atom stereocenters. The minimum atomic E-state index is 0.150. The van der Waals surface area contributed by atoms with Crippen LogP contribution in [-0.2, 0) is 15.6 Å². The molecule has 0 atom stereocenters. The zero-order valence-electron chi connectivity index (χ0n) is 19.5. The average molecular weight is 399 g/mol. The molecule has 3 nitrogen and oxygen atoms in total. The fourth-order valence-corrected chi connectivity index (χ4v) is 3.67. The topological polar surface area (TPSA) is 27.7 Å². The maximum atomic E-state index is 5.81. The smallest absolute Gasteiger partial charge is 0.119 e. The lowest BCUT2D eigenvalue weighted by Gasteiger charge is -2.22. The molecule has 2 aromatic carbocycles.